The van der Waals surface area contributed by atoms with Gasteiger partial charge in [0.05, 0.1) is 0 Å². The number of piperazine rings is 1. The first kappa shape index (κ1) is 21.4. The Morgan fingerprint density at radius 2 is 1.87 bits per heavy atom. The van der Waals surface area contributed by atoms with Gasteiger partial charge >= 0.3 is 0 Å². The molecule has 7 heteroatoms. The van der Waals surface area contributed by atoms with Crippen LogP contribution in [0.5, 0.6) is 5.75 Å². The van der Waals surface area contributed by atoms with Gasteiger partial charge in [0.2, 0.25) is 0 Å². The van der Waals surface area contributed by atoms with Crippen molar-refractivity contribution < 1.29 is 9.53 Å². The maximum atomic E-state index is 12.9. The minimum absolute atomic E-state index is 0.0312. The van der Waals surface area contributed by atoms with E-state index in [0.29, 0.717) is 23.8 Å². The molecule has 1 aromatic heterocycles. The van der Waals surface area contributed by atoms with E-state index in [1.807, 2.05) is 30.0 Å². The molecule has 0 aliphatic carbocycles. The molecule has 0 bridgehead atoms. The number of carbonyl (C=O) groups excluding carboxylic acids is 1. The van der Waals surface area contributed by atoms with Gasteiger partial charge in [0.25, 0.3) is 5.91 Å². The normalized spacial score (nSPS) is 14.6. The summed E-state index contributed by atoms with van der Waals surface area (Å²) in [5.74, 6) is 0.686. The number of ether oxygens (including phenoxy) is 1. The van der Waals surface area contributed by atoms with E-state index >= 15 is 0 Å². The fourth-order valence-electron chi connectivity index (χ4n) is 3.74. The maximum absolute atomic E-state index is 12.9. The van der Waals surface area contributed by atoms with Gasteiger partial charge in [-0.3, -0.25) is 9.69 Å². The van der Waals surface area contributed by atoms with Crippen molar-refractivity contribution in [3.8, 4) is 5.75 Å². The average molecular weight is 439 g/mol. The van der Waals surface area contributed by atoms with Crippen LogP contribution in [0, 0.1) is 13.8 Å². The highest BCUT2D eigenvalue weighted by atomic mass is 35.5. The molecule has 1 amide bonds. The second-order valence-electron chi connectivity index (χ2n) is 7.98. The lowest BCUT2D eigenvalue weighted by Gasteiger charge is -2.34. The van der Waals surface area contributed by atoms with Crippen LogP contribution in [0.15, 0.2) is 54.7 Å². The molecule has 0 atom stereocenters. The van der Waals surface area contributed by atoms with Gasteiger partial charge in [-0.2, -0.15) is 5.10 Å². The molecule has 0 saturated carbocycles. The average Bonchev–Trinajstić information content (AvgIpc) is 3.24. The second-order valence-corrected chi connectivity index (χ2v) is 8.39. The first-order valence-electron chi connectivity index (χ1n) is 10.5. The summed E-state index contributed by atoms with van der Waals surface area (Å²) in [5, 5.41) is 5.10. The van der Waals surface area contributed by atoms with Gasteiger partial charge in [-0.15, -0.1) is 0 Å². The predicted octanol–water partition coefficient (Wildman–Crippen LogP) is 4.15. The molecule has 2 aromatic carbocycles. The van der Waals surface area contributed by atoms with E-state index in [1.165, 1.54) is 11.1 Å². The van der Waals surface area contributed by atoms with Crippen LogP contribution in [-0.4, -0.2) is 51.7 Å². The number of carbonyl (C=O) groups is 1. The van der Waals surface area contributed by atoms with Crippen molar-refractivity contribution in [1.29, 1.82) is 0 Å². The lowest BCUT2D eigenvalue weighted by atomic mass is 10.1. The molecule has 162 valence electrons. The molecule has 0 N–H and O–H groups in total. The molecule has 2 heterocycles. The molecule has 1 saturated heterocycles. The molecule has 0 unspecified atom stereocenters. The smallest absolute Gasteiger partial charge is 0.274 e. The molecule has 6 nitrogen and oxygen atoms in total. The van der Waals surface area contributed by atoms with Gasteiger partial charge in [0, 0.05) is 43.9 Å². The Bertz CT molecular complexity index is 1060. The number of halogens is 1. The van der Waals surface area contributed by atoms with Crippen LogP contribution in [0.3, 0.4) is 0 Å². The summed E-state index contributed by atoms with van der Waals surface area (Å²) in [6.07, 6.45) is 1.77. The Hall–Kier alpha value is -2.83. The van der Waals surface area contributed by atoms with Gasteiger partial charge < -0.3 is 9.64 Å². The topological polar surface area (TPSA) is 50.6 Å². The zero-order valence-electron chi connectivity index (χ0n) is 17.9. The van der Waals surface area contributed by atoms with Crippen molar-refractivity contribution >= 4 is 17.5 Å². The van der Waals surface area contributed by atoms with Crippen molar-refractivity contribution in [2.24, 2.45) is 0 Å². The van der Waals surface area contributed by atoms with Crippen molar-refractivity contribution in [2.45, 2.75) is 27.1 Å². The van der Waals surface area contributed by atoms with Gasteiger partial charge in [0.1, 0.15) is 5.75 Å². The molecule has 1 aliphatic rings. The van der Waals surface area contributed by atoms with Crippen molar-refractivity contribution in [2.75, 3.05) is 26.2 Å². The molecule has 1 aliphatic heterocycles. The molecular formula is C24H27ClN4O2. The Kier molecular flexibility index (Phi) is 6.59. The number of rotatable bonds is 6. The lowest BCUT2D eigenvalue weighted by molar-refractivity contribution is 0.0621. The van der Waals surface area contributed by atoms with E-state index in [9.17, 15) is 4.79 Å². The number of aromatic nitrogens is 2. The van der Waals surface area contributed by atoms with Crippen molar-refractivity contribution in [1.82, 2.24) is 19.6 Å². The van der Waals surface area contributed by atoms with E-state index < -0.39 is 0 Å². The first-order chi connectivity index (χ1) is 15.0. The summed E-state index contributed by atoms with van der Waals surface area (Å²) in [4.78, 5) is 17.1. The van der Waals surface area contributed by atoms with Crippen LogP contribution in [0.25, 0.3) is 0 Å². The van der Waals surface area contributed by atoms with Gasteiger partial charge in [-0.25, -0.2) is 4.68 Å². The van der Waals surface area contributed by atoms with Crippen LogP contribution in [-0.2, 0) is 13.3 Å². The lowest BCUT2D eigenvalue weighted by Crippen LogP contribution is -2.48. The standard InChI is InChI=1S/C24H27ClN4O2/c1-18-4-3-5-20(14-18)16-27-10-12-28(13-11-27)24(30)23-8-9-29(26-23)17-31-21-6-7-22(25)19(2)15-21/h3-9,14-15H,10-13,16-17H2,1-2H3. The van der Waals surface area contributed by atoms with Gasteiger partial charge in [0.15, 0.2) is 12.4 Å². The van der Waals surface area contributed by atoms with E-state index in [4.69, 9.17) is 16.3 Å². The number of amides is 1. The summed E-state index contributed by atoms with van der Waals surface area (Å²) < 4.78 is 7.39. The van der Waals surface area contributed by atoms with E-state index in [1.54, 1.807) is 16.9 Å². The third-order valence-electron chi connectivity index (χ3n) is 5.50. The number of hydrogen-bond acceptors (Lipinski definition) is 4. The third-order valence-corrected chi connectivity index (χ3v) is 5.92. The number of nitrogens with zero attached hydrogens (tertiary/aromatic N) is 4. The summed E-state index contributed by atoms with van der Waals surface area (Å²) in [6.45, 7) is 8.33. The Morgan fingerprint density at radius 3 is 2.61 bits per heavy atom. The zero-order chi connectivity index (χ0) is 21.8. The maximum Gasteiger partial charge on any atom is 0.274 e. The van der Waals surface area contributed by atoms with Crippen molar-refractivity contribution in [3.63, 3.8) is 0 Å². The second kappa shape index (κ2) is 9.54. The summed E-state index contributed by atoms with van der Waals surface area (Å²) >= 11 is 6.05. The highest BCUT2D eigenvalue weighted by molar-refractivity contribution is 6.31. The van der Waals surface area contributed by atoms with E-state index in [-0.39, 0.29) is 12.6 Å². The Balaban J connectivity index is 1.28. The van der Waals surface area contributed by atoms with Crippen LogP contribution in [0.4, 0.5) is 0 Å². The van der Waals surface area contributed by atoms with E-state index in [0.717, 1.165) is 30.9 Å². The Morgan fingerprint density at radius 1 is 1.06 bits per heavy atom. The fourth-order valence-corrected chi connectivity index (χ4v) is 3.85. The molecule has 31 heavy (non-hydrogen) atoms. The summed E-state index contributed by atoms with van der Waals surface area (Å²) in [6, 6.07) is 15.8. The minimum atomic E-state index is -0.0312. The van der Waals surface area contributed by atoms with Gasteiger partial charge in [-0.1, -0.05) is 41.4 Å². The number of hydrogen-bond donors (Lipinski definition) is 0. The molecule has 4 rings (SSSR count). The Labute approximate surface area is 188 Å². The predicted molar refractivity (Wildman–Crippen MR) is 121 cm³/mol. The van der Waals surface area contributed by atoms with Crippen LogP contribution >= 0.6 is 11.6 Å². The van der Waals surface area contributed by atoms with Crippen LogP contribution < -0.4 is 4.74 Å². The third kappa shape index (κ3) is 5.46. The summed E-state index contributed by atoms with van der Waals surface area (Å²) in [7, 11) is 0. The van der Waals surface area contributed by atoms with E-state index in [2.05, 4.69) is 41.2 Å². The zero-order valence-corrected chi connectivity index (χ0v) is 18.7. The quantitative estimate of drug-likeness (QED) is 0.580. The molecule has 0 spiro atoms. The van der Waals surface area contributed by atoms with Crippen LogP contribution in [0.2, 0.25) is 5.02 Å². The summed E-state index contributed by atoms with van der Waals surface area (Å²) in [5.41, 5.74) is 3.99. The van der Waals surface area contributed by atoms with Crippen LogP contribution in [0.1, 0.15) is 27.2 Å². The largest absolute Gasteiger partial charge is 0.471 e. The molecule has 3 aromatic rings. The molecule has 0 radical (unpaired) electrons. The van der Waals surface area contributed by atoms with Gasteiger partial charge in [-0.05, 0) is 49.2 Å². The molecule has 1 fully saturated rings. The SMILES string of the molecule is Cc1cccc(CN2CCN(C(=O)c3ccn(COc4ccc(Cl)c(C)c4)n3)CC2)c1. The highest BCUT2D eigenvalue weighted by Gasteiger charge is 2.23. The minimum Gasteiger partial charge on any atom is -0.471 e. The number of benzene rings is 2. The van der Waals surface area contributed by atoms with Crippen molar-refractivity contribution in [3.05, 3.63) is 82.1 Å². The highest BCUT2D eigenvalue weighted by Crippen LogP contribution is 2.21. The first-order valence-corrected chi connectivity index (χ1v) is 10.9. The monoisotopic (exact) mass is 438 g/mol. The number of aryl methyl sites for hydroxylation is 2. The molecular weight excluding hydrogens is 412 g/mol. The fraction of sp³-hybridized carbons (Fsp3) is 0.333.